The van der Waals surface area contributed by atoms with Gasteiger partial charge in [-0.05, 0) is 37.4 Å². The minimum absolute atomic E-state index is 0.126. The van der Waals surface area contributed by atoms with E-state index in [-0.39, 0.29) is 11.1 Å². The normalized spacial score (nSPS) is 14.4. The van der Waals surface area contributed by atoms with Crippen LogP contribution in [0.25, 0.3) is 0 Å². The molecule has 0 radical (unpaired) electrons. The second-order valence-electron chi connectivity index (χ2n) is 7.96. The third-order valence-corrected chi connectivity index (χ3v) is 9.38. The predicted octanol–water partition coefficient (Wildman–Crippen LogP) is 5.90. The SMILES string of the molecule is CCCCCCCCC(O)CCCO[Si](C)(C)C(C)(C)C. The van der Waals surface area contributed by atoms with Crippen LogP contribution in [0.15, 0.2) is 0 Å². The lowest BCUT2D eigenvalue weighted by molar-refractivity contribution is 0.138. The molecule has 0 spiro atoms. The zero-order valence-corrected chi connectivity index (χ0v) is 16.5. The highest BCUT2D eigenvalue weighted by molar-refractivity contribution is 6.74. The van der Waals surface area contributed by atoms with Crippen LogP contribution in [0.1, 0.15) is 85.5 Å². The van der Waals surface area contributed by atoms with Crippen molar-refractivity contribution in [3.8, 4) is 0 Å². The van der Waals surface area contributed by atoms with E-state index in [2.05, 4.69) is 40.8 Å². The highest BCUT2D eigenvalue weighted by atomic mass is 28.4. The van der Waals surface area contributed by atoms with Gasteiger partial charge in [-0.15, -0.1) is 0 Å². The minimum Gasteiger partial charge on any atom is -0.417 e. The first-order chi connectivity index (χ1) is 9.70. The molecule has 0 saturated carbocycles. The molecule has 21 heavy (non-hydrogen) atoms. The van der Waals surface area contributed by atoms with Crippen LogP contribution in [0.3, 0.4) is 0 Å². The zero-order chi connectivity index (χ0) is 16.4. The third kappa shape index (κ3) is 10.5. The molecule has 0 heterocycles. The lowest BCUT2D eigenvalue weighted by Gasteiger charge is -2.36. The molecule has 0 aromatic carbocycles. The molecular formula is C18H40O2Si. The number of unbranched alkanes of at least 4 members (excludes halogenated alkanes) is 5. The second-order valence-corrected chi connectivity index (χ2v) is 12.8. The Morgan fingerprint density at radius 1 is 0.905 bits per heavy atom. The standard InChI is InChI=1S/C18H40O2Si/c1-7-8-9-10-11-12-14-17(19)15-13-16-20-21(5,6)18(2,3)4/h17,19H,7-16H2,1-6H3. The van der Waals surface area contributed by atoms with Crippen LogP contribution < -0.4 is 0 Å². The van der Waals surface area contributed by atoms with Crippen LogP contribution in [0.4, 0.5) is 0 Å². The average Bonchev–Trinajstić information content (AvgIpc) is 2.37. The van der Waals surface area contributed by atoms with E-state index in [0.29, 0.717) is 0 Å². The van der Waals surface area contributed by atoms with Crippen LogP contribution >= 0.6 is 0 Å². The molecule has 1 unspecified atom stereocenters. The molecule has 2 nitrogen and oxygen atoms in total. The molecule has 0 aromatic rings. The van der Waals surface area contributed by atoms with Crippen molar-refractivity contribution in [3.05, 3.63) is 0 Å². The van der Waals surface area contributed by atoms with Crippen LogP contribution in [0, 0.1) is 0 Å². The molecule has 3 heteroatoms. The third-order valence-electron chi connectivity index (χ3n) is 4.84. The van der Waals surface area contributed by atoms with Gasteiger partial charge in [-0.1, -0.05) is 66.2 Å². The summed E-state index contributed by atoms with van der Waals surface area (Å²) in [7, 11) is -1.60. The van der Waals surface area contributed by atoms with Gasteiger partial charge in [-0.25, -0.2) is 0 Å². The Balaban J connectivity index is 3.56. The molecule has 0 bridgehead atoms. The predicted molar refractivity (Wildman–Crippen MR) is 96.4 cm³/mol. The first-order valence-corrected chi connectivity index (χ1v) is 11.9. The average molecular weight is 317 g/mol. The monoisotopic (exact) mass is 316 g/mol. The maximum absolute atomic E-state index is 10.00. The summed E-state index contributed by atoms with van der Waals surface area (Å²) in [6.45, 7) is 14.4. The van der Waals surface area contributed by atoms with Crippen LogP contribution in [-0.4, -0.2) is 26.1 Å². The van der Waals surface area contributed by atoms with E-state index in [1.165, 1.54) is 38.5 Å². The number of aliphatic hydroxyl groups is 1. The maximum Gasteiger partial charge on any atom is 0.191 e. The van der Waals surface area contributed by atoms with E-state index in [0.717, 1.165) is 25.9 Å². The van der Waals surface area contributed by atoms with E-state index >= 15 is 0 Å². The Hall–Kier alpha value is 0.137. The van der Waals surface area contributed by atoms with Crippen LogP contribution in [0.5, 0.6) is 0 Å². The van der Waals surface area contributed by atoms with Gasteiger partial charge < -0.3 is 9.53 Å². The summed E-state index contributed by atoms with van der Waals surface area (Å²) in [4.78, 5) is 0. The van der Waals surface area contributed by atoms with Crippen molar-refractivity contribution in [2.75, 3.05) is 6.61 Å². The van der Waals surface area contributed by atoms with E-state index < -0.39 is 8.32 Å². The Bertz CT molecular complexity index is 246. The molecule has 0 aliphatic rings. The Labute approximate surface area is 134 Å². The van der Waals surface area contributed by atoms with E-state index in [1.807, 2.05) is 0 Å². The lowest BCUT2D eigenvalue weighted by atomic mass is 10.0. The van der Waals surface area contributed by atoms with Gasteiger partial charge in [0.2, 0.25) is 0 Å². The fourth-order valence-corrected chi connectivity index (χ4v) is 3.26. The van der Waals surface area contributed by atoms with Crippen molar-refractivity contribution in [3.63, 3.8) is 0 Å². The first-order valence-electron chi connectivity index (χ1n) is 9.02. The molecule has 0 fully saturated rings. The van der Waals surface area contributed by atoms with Gasteiger partial charge in [0.25, 0.3) is 0 Å². The topological polar surface area (TPSA) is 29.5 Å². The Morgan fingerprint density at radius 2 is 1.43 bits per heavy atom. The number of aliphatic hydroxyl groups excluding tert-OH is 1. The minimum atomic E-state index is -1.60. The van der Waals surface area contributed by atoms with E-state index in [9.17, 15) is 5.11 Å². The Kier molecular flexibility index (Phi) is 10.9. The summed E-state index contributed by atoms with van der Waals surface area (Å²) < 4.78 is 6.14. The fourth-order valence-electron chi connectivity index (χ4n) is 2.17. The molecule has 1 atom stereocenters. The van der Waals surface area contributed by atoms with Gasteiger partial charge in [0.15, 0.2) is 8.32 Å². The van der Waals surface area contributed by atoms with Crippen molar-refractivity contribution in [1.82, 2.24) is 0 Å². The van der Waals surface area contributed by atoms with Crippen LogP contribution in [0.2, 0.25) is 18.1 Å². The summed E-state index contributed by atoms with van der Waals surface area (Å²) in [5.74, 6) is 0. The number of hydrogen-bond donors (Lipinski definition) is 1. The first kappa shape index (κ1) is 21.1. The van der Waals surface area contributed by atoms with E-state index in [1.54, 1.807) is 0 Å². The van der Waals surface area contributed by atoms with Crippen molar-refractivity contribution in [1.29, 1.82) is 0 Å². The van der Waals surface area contributed by atoms with Gasteiger partial charge in [0.1, 0.15) is 0 Å². The van der Waals surface area contributed by atoms with Crippen molar-refractivity contribution >= 4 is 8.32 Å². The molecule has 0 aromatic heterocycles. The molecule has 128 valence electrons. The number of rotatable bonds is 12. The molecule has 0 rings (SSSR count). The smallest absolute Gasteiger partial charge is 0.191 e. The highest BCUT2D eigenvalue weighted by Gasteiger charge is 2.36. The molecule has 1 N–H and O–H groups in total. The summed E-state index contributed by atoms with van der Waals surface area (Å²) in [5, 5.41) is 10.3. The summed E-state index contributed by atoms with van der Waals surface area (Å²) in [6.07, 6.45) is 10.5. The quantitative estimate of drug-likeness (QED) is 0.359. The molecule has 0 aliphatic carbocycles. The number of hydrogen-bond acceptors (Lipinski definition) is 2. The van der Waals surface area contributed by atoms with Gasteiger partial charge in [-0.2, -0.15) is 0 Å². The van der Waals surface area contributed by atoms with Crippen molar-refractivity contribution < 1.29 is 9.53 Å². The van der Waals surface area contributed by atoms with Gasteiger partial charge in [-0.3, -0.25) is 0 Å². The molecule has 0 saturated heterocycles. The van der Waals surface area contributed by atoms with Crippen LogP contribution in [-0.2, 0) is 4.43 Å². The zero-order valence-electron chi connectivity index (χ0n) is 15.5. The summed E-state index contributed by atoms with van der Waals surface area (Å²) in [5.41, 5.74) is 0. The molecule has 0 aliphatic heterocycles. The highest BCUT2D eigenvalue weighted by Crippen LogP contribution is 2.36. The lowest BCUT2D eigenvalue weighted by Crippen LogP contribution is -2.41. The van der Waals surface area contributed by atoms with Crippen molar-refractivity contribution in [2.24, 2.45) is 0 Å². The largest absolute Gasteiger partial charge is 0.417 e. The molecule has 0 amide bonds. The summed E-state index contributed by atoms with van der Waals surface area (Å²) >= 11 is 0. The summed E-state index contributed by atoms with van der Waals surface area (Å²) in [6, 6.07) is 0. The van der Waals surface area contributed by atoms with Gasteiger partial charge in [0.05, 0.1) is 6.10 Å². The van der Waals surface area contributed by atoms with Gasteiger partial charge >= 0.3 is 0 Å². The second kappa shape index (κ2) is 10.8. The fraction of sp³-hybridized carbons (Fsp3) is 1.00. The molecular weight excluding hydrogens is 276 g/mol. The Morgan fingerprint density at radius 3 is 2.00 bits per heavy atom. The van der Waals surface area contributed by atoms with Gasteiger partial charge in [0, 0.05) is 6.61 Å². The van der Waals surface area contributed by atoms with E-state index in [4.69, 9.17) is 4.43 Å². The van der Waals surface area contributed by atoms with Crippen molar-refractivity contribution in [2.45, 2.75) is 110 Å². The maximum atomic E-state index is 10.00.